The minimum Gasteiger partial charge on any atom is -0.402 e. The van der Waals surface area contributed by atoms with Gasteiger partial charge >= 0.3 is 5.97 Å². The number of carbonyl (C=O) groups excluding carboxylic acids is 2. The summed E-state index contributed by atoms with van der Waals surface area (Å²) in [5.74, 6) is -0.507. The summed E-state index contributed by atoms with van der Waals surface area (Å²) in [6, 6.07) is 10.8. The molecule has 0 saturated carbocycles. The third-order valence-electron chi connectivity index (χ3n) is 3.91. The van der Waals surface area contributed by atoms with Crippen LogP contribution < -0.4 is 0 Å². The van der Waals surface area contributed by atoms with Crippen LogP contribution in [0.2, 0.25) is 5.02 Å². The molecule has 0 amide bonds. The number of hydrogen-bond acceptors (Lipinski definition) is 5. The van der Waals surface area contributed by atoms with Crippen LogP contribution in [0.15, 0.2) is 59.5 Å². The average Bonchev–Trinajstić information content (AvgIpc) is 3.17. The van der Waals surface area contributed by atoms with E-state index >= 15 is 0 Å². The lowest BCUT2D eigenvalue weighted by atomic mass is 10.2. The zero-order chi connectivity index (χ0) is 18.3. The summed E-state index contributed by atoms with van der Waals surface area (Å²) in [4.78, 5) is 32.5. The van der Waals surface area contributed by atoms with Gasteiger partial charge in [0.05, 0.1) is 5.02 Å². The highest BCUT2D eigenvalue weighted by Gasteiger charge is 2.25. The molecule has 0 radical (unpaired) electrons. The molecule has 0 unspecified atom stereocenters. The van der Waals surface area contributed by atoms with Crippen LogP contribution in [0.3, 0.4) is 0 Å². The van der Waals surface area contributed by atoms with Crippen molar-refractivity contribution in [2.24, 2.45) is 4.99 Å². The molecule has 7 heteroatoms. The lowest BCUT2D eigenvalue weighted by Crippen LogP contribution is -2.05. The molecule has 0 saturated heterocycles. The van der Waals surface area contributed by atoms with E-state index in [0.717, 1.165) is 0 Å². The number of benzene rings is 1. The smallest absolute Gasteiger partial charge is 0.363 e. The van der Waals surface area contributed by atoms with E-state index in [9.17, 15) is 9.59 Å². The number of aromatic nitrogens is 2. The molecule has 3 aromatic rings. The largest absolute Gasteiger partial charge is 0.402 e. The molecule has 1 aromatic carbocycles. The maximum absolute atomic E-state index is 12.2. The summed E-state index contributed by atoms with van der Waals surface area (Å²) in [7, 11) is 0. The van der Waals surface area contributed by atoms with E-state index in [2.05, 4.69) is 9.98 Å². The van der Waals surface area contributed by atoms with Gasteiger partial charge in [0.25, 0.3) is 0 Å². The Balaban J connectivity index is 1.83. The maximum atomic E-state index is 12.2. The Morgan fingerprint density at radius 3 is 2.77 bits per heavy atom. The van der Waals surface area contributed by atoms with Gasteiger partial charge in [-0.15, -0.1) is 0 Å². The third-order valence-corrected chi connectivity index (χ3v) is 4.12. The Labute approximate surface area is 153 Å². The van der Waals surface area contributed by atoms with Gasteiger partial charge in [-0.2, -0.15) is 0 Å². The quantitative estimate of drug-likeness (QED) is 0.512. The van der Waals surface area contributed by atoms with Gasteiger partial charge in [0, 0.05) is 35.8 Å². The molecule has 26 heavy (non-hydrogen) atoms. The first-order valence-electron chi connectivity index (χ1n) is 7.78. The zero-order valence-electron chi connectivity index (χ0n) is 13.6. The van der Waals surface area contributed by atoms with Crippen LogP contribution in [0.1, 0.15) is 22.8 Å². The van der Waals surface area contributed by atoms with Crippen molar-refractivity contribution < 1.29 is 14.3 Å². The molecule has 1 aliphatic heterocycles. The number of esters is 1. The van der Waals surface area contributed by atoms with Crippen molar-refractivity contribution in [3.05, 3.63) is 70.6 Å². The Morgan fingerprint density at radius 2 is 2.04 bits per heavy atom. The van der Waals surface area contributed by atoms with Gasteiger partial charge in [-0.3, -0.25) is 9.36 Å². The summed E-state index contributed by atoms with van der Waals surface area (Å²) in [5.41, 5.74) is 1.93. The Morgan fingerprint density at radius 1 is 1.27 bits per heavy atom. The van der Waals surface area contributed by atoms with Crippen LogP contribution in [0, 0.1) is 0 Å². The van der Waals surface area contributed by atoms with Gasteiger partial charge < -0.3 is 4.74 Å². The minimum absolute atomic E-state index is 0.145. The van der Waals surface area contributed by atoms with Gasteiger partial charge in [-0.1, -0.05) is 29.8 Å². The number of pyridine rings is 1. The molecule has 0 fully saturated rings. The fourth-order valence-electron chi connectivity index (χ4n) is 2.72. The lowest BCUT2D eigenvalue weighted by molar-refractivity contribution is -0.129. The average molecular weight is 366 g/mol. The van der Waals surface area contributed by atoms with E-state index in [1.807, 2.05) is 18.2 Å². The maximum Gasteiger partial charge on any atom is 0.363 e. The van der Waals surface area contributed by atoms with E-state index in [4.69, 9.17) is 16.3 Å². The highest BCUT2D eigenvalue weighted by molar-refractivity contribution is 6.31. The Kier molecular flexibility index (Phi) is 3.89. The monoisotopic (exact) mass is 365 g/mol. The molecule has 0 aliphatic carbocycles. The second kappa shape index (κ2) is 6.24. The van der Waals surface area contributed by atoms with Crippen molar-refractivity contribution in [3.63, 3.8) is 0 Å². The predicted octanol–water partition coefficient (Wildman–Crippen LogP) is 3.69. The topological polar surface area (TPSA) is 73.6 Å². The first kappa shape index (κ1) is 16.2. The van der Waals surface area contributed by atoms with Crippen molar-refractivity contribution >= 4 is 46.5 Å². The number of fused-ring (bicyclic) bond motifs is 1. The molecular weight excluding hydrogens is 354 g/mol. The second-order valence-electron chi connectivity index (χ2n) is 5.70. The van der Waals surface area contributed by atoms with Crippen LogP contribution in [-0.4, -0.2) is 27.3 Å². The number of ether oxygens (including phenoxy) is 1. The van der Waals surface area contributed by atoms with Crippen molar-refractivity contribution in [2.45, 2.75) is 6.92 Å². The van der Waals surface area contributed by atoms with Crippen LogP contribution in [0.5, 0.6) is 0 Å². The molecular formula is C19H12ClN3O3. The van der Waals surface area contributed by atoms with Crippen molar-refractivity contribution in [1.29, 1.82) is 0 Å². The molecule has 0 bridgehead atoms. The number of carbonyl (C=O) groups is 2. The van der Waals surface area contributed by atoms with Crippen molar-refractivity contribution in [3.8, 4) is 0 Å². The molecule has 0 spiro atoms. The van der Waals surface area contributed by atoms with E-state index in [0.29, 0.717) is 27.2 Å². The summed E-state index contributed by atoms with van der Waals surface area (Å²) >= 11 is 6.03. The molecule has 0 atom stereocenters. The first-order chi connectivity index (χ1) is 12.5. The Hall–Kier alpha value is -3.25. The van der Waals surface area contributed by atoms with Crippen LogP contribution in [0.4, 0.5) is 0 Å². The minimum atomic E-state index is -0.553. The van der Waals surface area contributed by atoms with E-state index in [1.165, 1.54) is 17.7 Å². The standard InChI is InChI=1S/C19H12ClN3O3/c1-11(24)23-10-13(15-8-14(20)9-21-17(15)23)7-16-19(25)26-18(22-16)12-5-3-2-4-6-12/h2-10H,1H3. The highest BCUT2D eigenvalue weighted by Crippen LogP contribution is 2.27. The van der Waals surface area contributed by atoms with Crippen molar-refractivity contribution in [2.75, 3.05) is 0 Å². The highest BCUT2D eigenvalue weighted by atomic mass is 35.5. The first-order valence-corrected chi connectivity index (χ1v) is 8.16. The van der Waals surface area contributed by atoms with Crippen LogP contribution in [0.25, 0.3) is 17.1 Å². The van der Waals surface area contributed by atoms with E-state index in [-0.39, 0.29) is 17.5 Å². The van der Waals surface area contributed by atoms with Crippen molar-refractivity contribution in [1.82, 2.24) is 9.55 Å². The number of nitrogens with zero attached hydrogens (tertiary/aromatic N) is 3. The zero-order valence-corrected chi connectivity index (χ0v) is 14.4. The fraction of sp³-hybridized carbons (Fsp3) is 0.0526. The molecule has 2 aromatic heterocycles. The number of halogens is 1. The molecule has 6 nitrogen and oxygen atoms in total. The van der Waals surface area contributed by atoms with Gasteiger partial charge in [-0.25, -0.2) is 14.8 Å². The SMILES string of the molecule is CC(=O)n1cc(C=C2N=C(c3ccccc3)OC2=O)c2cc(Cl)cnc21. The van der Waals surface area contributed by atoms with Crippen LogP contribution in [-0.2, 0) is 9.53 Å². The third kappa shape index (κ3) is 2.80. The van der Waals surface area contributed by atoms with Gasteiger partial charge in [0.2, 0.25) is 11.8 Å². The number of cyclic esters (lactones) is 1. The molecule has 4 rings (SSSR count). The summed E-state index contributed by atoms with van der Waals surface area (Å²) in [5, 5.41) is 1.08. The predicted molar refractivity (Wildman–Crippen MR) is 98.1 cm³/mol. The van der Waals surface area contributed by atoms with Crippen LogP contribution >= 0.6 is 11.6 Å². The number of aliphatic imine (C=N–C) groups is 1. The fourth-order valence-corrected chi connectivity index (χ4v) is 2.88. The molecule has 0 N–H and O–H groups in total. The lowest BCUT2D eigenvalue weighted by Gasteiger charge is -1.97. The number of rotatable bonds is 2. The summed E-state index contributed by atoms with van der Waals surface area (Å²) < 4.78 is 6.65. The Bertz CT molecular complexity index is 1110. The van der Waals surface area contributed by atoms with Gasteiger partial charge in [0.1, 0.15) is 5.65 Å². The second-order valence-corrected chi connectivity index (χ2v) is 6.14. The summed E-state index contributed by atoms with van der Waals surface area (Å²) in [6.45, 7) is 1.43. The summed E-state index contributed by atoms with van der Waals surface area (Å²) in [6.07, 6.45) is 4.64. The van der Waals surface area contributed by atoms with E-state index < -0.39 is 5.97 Å². The van der Waals surface area contributed by atoms with Gasteiger partial charge in [0.15, 0.2) is 5.70 Å². The molecule has 3 heterocycles. The molecule has 1 aliphatic rings. The number of hydrogen-bond donors (Lipinski definition) is 0. The molecule has 128 valence electrons. The van der Waals surface area contributed by atoms with E-state index in [1.54, 1.807) is 30.5 Å². The van der Waals surface area contributed by atoms with Gasteiger partial charge in [-0.05, 0) is 24.3 Å². The normalized spacial score (nSPS) is 15.4.